The van der Waals surface area contributed by atoms with Gasteiger partial charge in [0.2, 0.25) is 0 Å². The fourth-order valence-electron chi connectivity index (χ4n) is 1.58. The van der Waals surface area contributed by atoms with Gasteiger partial charge in [0.25, 0.3) is 0 Å². The lowest BCUT2D eigenvalue weighted by molar-refractivity contribution is 0.554. The van der Waals surface area contributed by atoms with Crippen LogP contribution in [0, 0.1) is 0 Å². The van der Waals surface area contributed by atoms with Crippen LogP contribution in [-0.4, -0.2) is 14.9 Å². The molecule has 1 aromatic heterocycles. The van der Waals surface area contributed by atoms with Gasteiger partial charge in [-0.15, -0.1) is 11.8 Å². The average molecular weight is 189 g/mol. The Hall–Kier alpha value is -1.29. The highest BCUT2D eigenvalue weighted by Gasteiger charge is 2.24. The zero-order valence-electron chi connectivity index (χ0n) is 6.84. The first-order valence-electron chi connectivity index (χ1n) is 4.03. The monoisotopic (exact) mass is 189 g/mol. The summed E-state index contributed by atoms with van der Waals surface area (Å²) < 4.78 is 0. The van der Waals surface area contributed by atoms with Gasteiger partial charge in [0.05, 0.1) is 17.9 Å². The molecular formula is C9H7N3S. The van der Waals surface area contributed by atoms with Gasteiger partial charge >= 0.3 is 0 Å². The van der Waals surface area contributed by atoms with Gasteiger partial charge in [0.15, 0.2) is 0 Å². The van der Waals surface area contributed by atoms with Gasteiger partial charge in [-0.05, 0) is 5.41 Å². The van der Waals surface area contributed by atoms with E-state index in [1.54, 1.807) is 18.1 Å². The van der Waals surface area contributed by atoms with Crippen molar-refractivity contribution >= 4 is 17.5 Å². The Morgan fingerprint density at radius 3 is 3.46 bits per heavy atom. The summed E-state index contributed by atoms with van der Waals surface area (Å²) in [5.41, 5.74) is 3.48. The molecule has 0 bridgehead atoms. The minimum atomic E-state index is 0.902. The second-order valence-electron chi connectivity index (χ2n) is 2.95. The molecule has 2 aliphatic heterocycles. The molecule has 2 aliphatic rings. The molecule has 3 nitrogen and oxygen atoms in total. The maximum absolute atomic E-state index is 4.28. The predicted octanol–water partition coefficient (Wildman–Crippen LogP) is 1.81. The summed E-state index contributed by atoms with van der Waals surface area (Å²) in [6.07, 6.45) is 5.58. The first-order valence-corrected chi connectivity index (χ1v) is 4.97. The number of thioether (sulfide) groups is 1. The summed E-state index contributed by atoms with van der Waals surface area (Å²) in [5.74, 6) is 0. The number of aromatic nitrogens is 2. The van der Waals surface area contributed by atoms with Crippen molar-refractivity contribution in [2.24, 2.45) is 0 Å². The number of nitrogens with zero attached hydrogens (tertiary/aromatic N) is 3. The Morgan fingerprint density at radius 2 is 2.46 bits per heavy atom. The molecule has 3 heterocycles. The van der Waals surface area contributed by atoms with Crippen molar-refractivity contribution in [2.45, 2.75) is 6.54 Å². The SMILES string of the molecule is C1=CN2Cc3cncnc3C2=CS1. The van der Waals surface area contributed by atoms with Crippen LogP contribution < -0.4 is 0 Å². The highest BCUT2D eigenvalue weighted by molar-refractivity contribution is 8.05. The molecule has 64 valence electrons. The Morgan fingerprint density at radius 1 is 1.46 bits per heavy atom. The van der Waals surface area contributed by atoms with Gasteiger partial charge < -0.3 is 4.90 Å². The molecule has 0 N–H and O–H groups in total. The maximum atomic E-state index is 4.28. The molecule has 0 atom stereocenters. The van der Waals surface area contributed by atoms with E-state index in [0.717, 1.165) is 12.2 Å². The molecule has 3 rings (SSSR count). The van der Waals surface area contributed by atoms with E-state index >= 15 is 0 Å². The topological polar surface area (TPSA) is 29.0 Å². The van der Waals surface area contributed by atoms with Crippen molar-refractivity contribution < 1.29 is 0 Å². The zero-order chi connectivity index (χ0) is 8.67. The highest BCUT2D eigenvalue weighted by Crippen LogP contribution is 2.35. The molecule has 0 aliphatic carbocycles. The normalized spacial score (nSPS) is 18.2. The quantitative estimate of drug-likeness (QED) is 0.622. The Bertz CT molecular complexity index is 411. The predicted molar refractivity (Wildman–Crippen MR) is 52.3 cm³/mol. The van der Waals surface area contributed by atoms with Gasteiger partial charge in [-0.3, -0.25) is 0 Å². The van der Waals surface area contributed by atoms with Gasteiger partial charge in [-0.2, -0.15) is 0 Å². The van der Waals surface area contributed by atoms with Crippen LogP contribution in [0.1, 0.15) is 11.3 Å². The van der Waals surface area contributed by atoms with E-state index in [1.807, 2.05) is 6.20 Å². The molecule has 0 radical (unpaired) electrons. The van der Waals surface area contributed by atoms with Crippen LogP contribution in [0.4, 0.5) is 0 Å². The van der Waals surface area contributed by atoms with E-state index in [0.29, 0.717) is 0 Å². The Balaban J connectivity index is 2.17. The minimum absolute atomic E-state index is 0.902. The standard InChI is InChI=1S/C9H7N3S/c1-2-13-5-8-9-7(4-12(1)8)3-10-6-11-9/h1-3,5-6H,4H2. The molecule has 0 amide bonds. The molecule has 0 saturated carbocycles. The molecule has 4 heteroatoms. The largest absolute Gasteiger partial charge is 0.341 e. The molecule has 0 saturated heterocycles. The van der Waals surface area contributed by atoms with Crippen LogP contribution in [0.15, 0.2) is 29.5 Å². The highest BCUT2D eigenvalue weighted by atomic mass is 32.2. The van der Waals surface area contributed by atoms with Crippen LogP contribution in [0.5, 0.6) is 0 Å². The van der Waals surface area contributed by atoms with E-state index in [1.165, 1.54) is 11.3 Å². The third-order valence-corrected chi connectivity index (χ3v) is 2.82. The van der Waals surface area contributed by atoms with Gasteiger partial charge in [-0.1, -0.05) is 0 Å². The zero-order valence-corrected chi connectivity index (χ0v) is 7.66. The lowest BCUT2D eigenvalue weighted by atomic mass is 10.2. The molecule has 0 spiro atoms. The second kappa shape index (κ2) is 2.60. The van der Waals surface area contributed by atoms with Crippen LogP contribution in [0.25, 0.3) is 5.70 Å². The number of hydrogen-bond acceptors (Lipinski definition) is 4. The molecule has 0 aromatic carbocycles. The third kappa shape index (κ3) is 0.986. The number of hydrogen-bond donors (Lipinski definition) is 0. The van der Waals surface area contributed by atoms with Crippen LogP contribution in [-0.2, 0) is 6.54 Å². The Labute approximate surface area is 80.2 Å². The fraction of sp³-hybridized carbons (Fsp3) is 0.111. The van der Waals surface area contributed by atoms with Gasteiger partial charge in [0, 0.05) is 23.4 Å². The lowest BCUT2D eigenvalue weighted by Crippen LogP contribution is -2.07. The summed E-state index contributed by atoms with van der Waals surface area (Å²) in [6.45, 7) is 0.902. The lowest BCUT2D eigenvalue weighted by Gasteiger charge is -2.16. The van der Waals surface area contributed by atoms with Gasteiger partial charge in [0.1, 0.15) is 6.33 Å². The maximum Gasteiger partial charge on any atom is 0.116 e. The van der Waals surface area contributed by atoms with Crippen molar-refractivity contribution in [3.63, 3.8) is 0 Å². The van der Waals surface area contributed by atoms with Crippen LogP contribution in [0.2, 0.25) is 0 Å². The van der Waals surface area contributed by atoms with E-state index < -0.39 is 0 Å². The van der Waals surface area contributed by atoms with E-state index in [2.05, 4.69) is 31.9 Å². The molecule has 13 heavy (non-hydrogen) atoms. The second-order valence-corrected chi connectivity index (χ2v) is 3.73. The van der Waals surface area contributed by atoms with E-state index in [-0.39, 0.29) is 0 Å². The summed E-state index contributed by atoms with van der Waals surface area (Å²) >= 11 is 1.69. The molecule has 0 unspecified atom stereocenters. The van der Waals surface area contributed by atoms with Gasteiger partial charge in [-0.25, -0.2) is 9.97 Å². The number of rotatable bonds is 0. The average Bonchev–Trinajstić information content (AvgIpc) is 2.56. The molecule has 1 aromatic rings. The Kier molecular flexibility index (Phi) is 1.43. The summed E-state index contributed by atoms with van der Waals surface area (Å²) in [5, 5.41) is 4.20. The number of fused-ring (bicyclic) bond motifs is 3. The molecule has 0 fully saturated rings. The van der Waals surface area contributed by atoms with Crippen molar-refractivity contribution in [1.29, 1.82) is 0 Å². The van der Waals surface area contributed by atoms with Crippen molar-refractivity contribution in [3.05, 3.63) is 40.8 Å². The first-order chi connectivity index (χ1) is 6.45. The summed E-state index contributed by atoms with van der Waals surface area (Å²) in [7, 11) is 0. The minimum Gasteiger partial charge on any atom is -0.341 e. The van der Waals surface area contributed by atoms with Crippen molar-refractivity contribution in [2.75, 3.05) is 0 Å². The third-order valence-electron chi connectivity index (χ3n) is 2.18. The fourth-order valence-corrected chi connectivity index (χ4v) is 2.25. The van der Waals surface area contributed by atoms with Crippen LogP contribution in [0.3, 0.4) is 0 Å². The van der Waals surface area contributed by atoms with E-state index in [4.69, 9.17) is 0 Å². The summed E-state index contributed by atoms with van der Waals surface area (Å²) in [6, 6.07) is 0. The van der Waals surface area contributed by atoms with Crippen molar-refractivity contribution in [1.82, 2.24) is 14.9 Å². The smallest absolute Gasteiger partial charge is 0.116 e. The van der Waals surface area contributed by atoms with Crippen LogP contribution >= 0.6 is 11.8 Å². The molecular weight excluding hydrogens is 182 g/mol. The summed E-state index contributed by atoms with van der Waals surface area (Å²) in [4.78, 5) is 10.5. The van der Waals surface area contributed by atoms with Crippen molar-refractivity contribution in [3.8, 4) is 0 Å². The van der Waals surface area contributed by atoms with E-state index in [9.17, 15) is 0 Å². The first kappa shape index (κ1) is 7.15.